The highest BCUT2D eigenvalue weighted by molar-refractivity contribution is 7.09. The lowest BCUT2D eigenvalue weighted by Crippen LogP contribution is -2.01. The summed E-state index contributed by atoms with van der Waals surface area (Å²) in [5.41, 5.74) is 9.06. The van der Waals surface area contributed by atoms with Gasteiger partial charge in [-0.1, -0.05) is 17.7 Å². The molecule has 0 bridgehead atoms. The van der Waals surface area contributed by atoms with Gasteiger partial charge < -0.3 is 11.1 Å². The van der Waals surface area contributed by atoms with Crippen molar-refractivity contribution in [2.75, 3.05) is 11.1 Å². The molecule has 0 saturated heterocycles. The van der Waals surface area contributed by atoms with Gasteiger partial charge in [0.2, 0.25) is 0 Å². The van der Waals surface area contributed by atoms with Gasteiger partial charge in [0.1, 0.15) is 0 Å². The summed E-state index contributed by atoms with van der Waals surface area (Å²) in [6.45, 7) is 0.717. The summed E-state index contributed by atoms with van der Waals surface area (Å²) in [5.74, 6) is 0. The third kappa shape index (κ3) is 2.40. The van der Waals surface area contributed by atoms with Gasteiger partial charge >= 0.3 is 0 Å². The molecule has 2 rings (SSSR count). The van der Waals surface area contributed by atoms with E-state index < -0.39 is 0 Å². The standard InChI is InChI=1S/C10H10ClN3S/c11-8-2-1-3-9(10(8)12)14-5-7-4-13-6-15-7/h1-4,6,14H,5,12H2. The zero-order valence-corrected chi connectivity index (χ0v) is 9.48. The molecule has 0 atom stereocenters. The molecule has 78 valence electrons. The van der Waals surface area contributed by atoms with Gasteiger partial charge in [-0.25, -0.2) is 0 Å². The molecule has 2 aromatic rings. The molecule has 0 unspecified atom stereocenters. The van der Waals surface area contributed by atoms with Crippen molar-refractivity contribution in [1.29, 1.82) is 0 Å². The number of nitrogens with one attached hydrogen (secondary N) is 1. The molecule has 0 radical (unpaired) electrons. The molecule has 0 aliphatic rings. The average molecular weight is 240 g/mol. The van der Waals surface area contributed by atoms with Gasteiger partial charge in [-0.05, 0) is 12.1 Å². The molecule has 0 aliphatic carbocycles. The summed E-state index contributed by atoms with van der Waals surface area (Å²) in [6.07, 6.45) is 1.83. The summed E-state index contributed by atoms with van der Waals surface area (Å²) < 4.78 is 0. The minimum atomic E-state index is 0.573. The zero-order valence-electron chi connectivity index (χ0n) is 7.90. The van der Waals surface area contributed by atoms with Crippen LogP contribution in [0.2, 0.25) is 5.02 Å². The summed E-state index contributed by atoms with van der Waals surface area (Å²) in [5, 5.41) is 3.79. The van der Waals surface area contributed by atoms with Gasteiger partial charge in [0, 0.05) is 11.1 Å². The Labute approximate surface area is 96.9 Å². The lowest BCUT2D eigenvalue weighted by molar-refractivity contribution is 1.18. The smallest absolute Gasteiger partial charge is 0.0794 e. The van der Waals surface area contributed by atoms with Crippen LogP contribution in [0, 0.1) is 0 Å². The highest BCUT2D eigenvalue weighted by Crippen LogP contribution is 2.27. The van der Waals surface area contributed by atoms with Crippen molar-refractivity contribution in [3.63, 3.8) is 0 Å². The minimum Gasteiger partial charge on any atom is -0.396 e. The van der Waals surface area contributed by atoms with Crippen molar-refractivity contribution in [2.45, 2.75) is 6.54 Å². The second kappa shape index (κ2) is 4.51. The molecule has 0 saturated carbocycles. The normalized spacial score (nSPS) is 10.2. The molecule has 0 aliphatic heterocycles. The Morgan fingerprint density at radius 3 is 3.07 bits per heavy atom. The number of nitrogens with two attached hydrogens (primary N) is 1. The number of nitrogen functional groups attached to an aromatic ring is 1. The fourth-order valence-corrected chi connectivity index (χ4v) is 1.91. The maximum absolute atomic E-state index is 5.90. The molecule has 0 fully saturated rings. The van der Waals surface area contributed by atoms with Crippen molar-refractivity contribution in [3.8, 4) is 0 Å². The first-order valence-electron chi connectivity index (χ1n) is 4.42. The van der Waals surface area contributed by atoms with Gasteiger partial charge in [0.05, 0.1) is 28.5 Å². The zero-order chi connectivity index (χ0) is 10.7. The molecule has 1 aromatic carbocycles. The van der Waals surface area contributed by atoms with E-state index in [-0.39, 0.29) is 0 Å². The average Bonchev–Trinajstić information content (AvgIpc) is 2.73. The van der Waals surface area contributed by atoms with Crippen molar-refractivity contribution in [3.05, 3.63) is 39.8 Å². The van der Waals surface area contributed by atoms with Crippen LogP contribution >= 0.6 is 22.9 Å². The number of nitrogens with zero attached hydrogens (tertiary/aromatic N) is 1. The summed E-state index contributed by atoms with van der Waals surface area (Å²) in [4.78, 5) is 5.16. The van der Waals surface area contributed by atoms with Crippen LogP contribution in [0.4, 0.5) is 11.4 Å². The molecule has 0 spiro atoms. The number of thiazole rings is 1. The monoisotopic (exact) mass is 239 g/mol. The number of hydrogen-bond donors (Lipinski definition) is 2. The lowest BCUT2D eigenvalue weighted by Gasteiger charge is -2.08. The minimum absolute atomic E-state index is 0.573. The largest absolute Gasteiger partial charge is 0.396 e. The Bertz CT molecular complexity index is 442. The molecular weight excluding hydrogens is 230 g/mol. The van der Waals surface area contributed by atoms with Crippen LogP contribution in [0.3, 0.4) is 0 Å². The first-order valence-corrected chi connectivity index (χ1v) is 5.68. The Morgan fingerprint density at radius 1 is 1.47 bits per heavy atom. The second-order valence-electron chi connectivity index (χ2n) is 3.02. The second-order valence-corrected chi connectivity index (χ2v) is 4.40. The number of anilines is 2. The number of benzene rings is 1. The number of para-hydroxylation sites is 1. The van der Waals surface area contributed by atoms with Gasteiger partial charge in [0.15, 0.2) is 0 Å². The van der Waals surface area contributed by atoms with Crippen LogP contribution in [0.25, 0.3) is 0 Å². The van der Waals surface area contributed by atoms with E-state index in [4.69, 9.17) is 17.3 Å². The third-order valence-electron chi connectivity index (χ3n) is 1.99. The Hall–Kier alpha value is -1.26. The van der Waals surface area contributed by atoms with Crippen LogP contribution in [0.1, 0.15) is 4.88 Å². The van der Waals surface area contributed by atoms with Crippen molar-refractivity contribution >= 4 is 34.3 Å². The predicted octanol–water partition coefficient (Wildman–Crippen LogP) is 2.99. The topological polar surface area (TPSA) is 50.9 Å². The van der Waals surface area contributed by atoms with Crippen molar-refractivity contribution < 1.29 is 0 Å². The van der Waals surface area contributed by atoms with Crippen LogP contribution in [0.15, 0.2) is 29.9 Å². The molecule has 3 nitrogen and oxygen atoms in total. The van der Waals surface area contributed by atoms with Crippen LogP contribution in [-0.4, -0.2) is 4.98 Å². The first-order chi connectivity index (χ1) is 7.27. The fourth-order valence-electron chi connectivity index (χ4n) is 1.20. The van der Waals surface area contributed by atoms with Gasteiger partial charge in [0.25, 0.3) is 0 Å². The van der Waals surface area contributed by atoms with E-state index in [0.717, 1.165) is 17.1 Å². The maximum Gasteiger partial charge on any atom is 0.0794 e. The molecule has 1 heterocycles. The molecule has 1 aromatic heterocycles. The van der Waals surface area contributed by atoms with Crippen molar-refractivity contribution in [2.24, 2.45) is 0 Å². The highest BCUT2D eigenvalue weighted by atomic mass is 35.5. The van der Waals surface area contributed by atoms with E-state index in [9.17, 15) is 0 Å². The fraction of sp³-hybridized carbons (Fsp3) is 0.100. The molecule has 15 heavy (non-hydrogen) atoms. The van der Waals surface area contributed by atoms with E-state index in [1.807, 2.05) is 18.3 Å². The number of rotatable bonds is 3. The summed E-state index contributed by atoms with van der Waals surface area (Å²) in [7, 11) is 0. The highest BCUT2D eigenvalue weighted by Gasteiger charge is 2.02. The van der Waals surface area contributed by atoms with Gasteiger partial charge in [-0.3, -0.25) is 4.98 Å². The third-order valence-corrected chi connectivity index (χ3v) is 3.10. The molecule has 0 amide bonds. The number of halogens is 1. The quantitative estimate of drug-likeness (QED) is 0.810. The maximum atomic E-state index is 5.90. The van der Waals surface area contributed by atoms with Crippen molar-refractivity contribution in [1.82, 2.24) is 4.98 Å². The Balaban J connectivity index is 2.08. The van der Waals surface area contributed by atoms with Crippen LogP contribution in [-0.2, 0) is 6.54 Å². The summed E-state index contributed by atoms with van der Waals surface area (Å²) >= 11 is 7.50. The molecule has 3 N–H and O–H groups in total. The van der Waals surface area contributed by atoms with Gasteiger partial charge in [-0.15, -0.1) is 11.3 Å². The van der Waals surface area contributed by atoms with Crippen LogP contribution < -0.4 is 11.1 Å². The molecule has 5 heteroatoms. The van der Waals surface area contributed by atoms with E-state index in [1.165, 1.54) is 0 Å². The first kappa shape index (κ1) is 10.3. The van der Waals surface area contributed by atoms with E-state index in [1.54, 1.807) is 22.9 Å². The van der Waals surface area contributed by atoms with Crippen LogP contribution in [0.5, 0.6) is 0 Å². The lowest BCUT2D eigenvalue weighted by atomic mass is 10.2. The predicted molar refractivity (Wildman–Crippen MR) is 65.3 cm³/mol. The molecular formula is C10H10ClN3S. The van der Waals surface area contributed by atoms with E-state index >= 15 is 0 Å². The van der Waals surface area contributed by atoms with E-state index in [0.29, 0.717) is 10.7 Å². The van der Waals surface area contributed by atoms with Gasteiger partial charge in [-0.2, -0.15) is 0 Å². The van der Waals surface area contributed by atoms with E-state index in [2.05, 4.69) is 10.3 Å². The summed E-state index contributed by atoms with van der Waals surface area (Å²) in [6, 6.07) is 5.55. The Morgan fingerprint density at radius 2 is 2.33 bits per heavy atom. The SMILES string of the molecule is Nc1c(Cl)cccc1NCc1cncs1. The Kier molecular flexibility index (Phi) is 3.08. The number of hydrogen-bond acceptors (Lipinski definition) is 4. The number of aromatic nitrogens is 1.